The number of benzene rings is 1. The van der Waals surface area contributed by atoms with Crippen LogP contribution < -0.4 is 5.73 Å². The van der Waals surface area contributed by atoms with Crippen LogP contribution in [0.5, 0.6) is 0 Å². The van der Waals surface area contributed by atoms with E-state index in [2.05, 4.69) is 14.3 Å². The maximum atomic E-state index is 5.95. The fraction of sp³-hybridized carbons (Fsp3) is 0.0833. The number of rotatable bonds is 2. The summed E-state index contributed by atoms with van der Waals surface area (Å²) in [5.41, 5.74) is 6.69. The van der Waals surface area contributed by atoms with E-state index in [1.54, 1.807) is 24.2 Å². The van der Waals surface area contributed by atoms with E-state index in [1.807, 2.05) is 25.1 Å². The summed E-state index contributed by atoms with van der Waals surface area (Å²) in [5, 5.41) is 2.08. The predicted molar refractivity (Wildman–Crippen MR) is 74.9 cm³/mol. The molecular weight excluding hydrogens is 264 g/mol. The Labute approximate surface area is 112 Å². The first-order chi connectivity index (χ1) is 8.74. The van der Waals surface area contributed by atoms with Crippen molar-refractivity contribution in [2.45, 2.75) is 16.2 Å². The molecule has 3 rings (SSSR count). The summed E-state index contributed by atoms with van der Waals surface area (Å²) in [6, 6.07) is 5.89. The SMILES string of the molecule is Cc1nsc(Sc2ccc(N)c3cnccc23)n1. The highest BCUT2D eigenvalue weighted by molar-refractivity contribution is 8.01. The summed E-state index contributed by atoms with van der Waals surface area (Å²) in [7, 11) is 0. The minimum Gasteiger partial charge on any atom is -0.398 e. The molecule has 0 amide bonds. The molecule has 0 aliphatic heterocycles. The number of aromatic nitrogens is 3. The van der Waals surface area contributed by atoms with Gasteiger partial charge in [-0.1, -0.05) is 11.8 Å². The second kappa shape index (κ2) is 4.55. The lowest BCUT2D eigenvalue weighted by Crippen LogP contribution is -1.88. The van der Waals surface area contributed by atoms with E-state index >= 15 is 0 Å². The summed E-state index contributed by atoms with van der Waals surface area (Å²) in [5.74, 6) is 0.809. The number of anilines is 1. The Hall–Kier alpha value is -1.66. The topological polar surface area (TPSA) is 64.7 Å². The number of hydrogen-bond acceptors (Lipinski definition) is 6. The van der Waals surface area contributed by atoms with Crippen LogP contribution in [0.1, 0.15) is 5.82 Å². The van der Waals surface area contributed by atoms with Gasteiger partial charge in [-0.2, -0.15) is 4.37 Å². The van der Waals surface area contributed by atoms with Crippen LogP contribution in [-0.4, -0.2) is 14.3 Å². The van der Waals surface area contributed by atoms with E-state index < -0.39 is 0 Å². The molecule has 0 saturated carbocycles. The highest BCUT2D eigenvalue weighted by atomic mass is 32.2. The Balaban J connectivity index is 2.09. The van der Waals surface area contributed by atoms with Crippen LogP contribution >= 0.6 is 23.3 Å². The predicted octanol–water partition coefficient (Wildman–Crippen LogP) is 3.13. The Morgan fingerprint density at radius 3 is 2.89 bits per heavy atom. The van der Waals surface area contributed by atoms with Crippen LogP contribution in [-0.2, 0) is 0 Å². The zero-order chi connectivity index (χ0) is 12.5. The number of aryl methyl sites for hydroxylation is 1. The van der Waals surface area contributed by atoms with Crippen molar-refractivity contribution in [1.29, 1.82) is 0 Å². The fourth-order valence-corrected chi connectivity index (χ4v) is 3.43. The number of hydrogen-bond donors (Lipinski definition) is 1. The summed E-state index contributed by atoms with van der Waals surface area (Å²) < 4.78 is 5.12. The minimum absolute atomic E-state index is 0.746. The van der Waals surface area contributed by atoms with Gasteiger partial charge in [-0.3, -0.25) is 4.98 Å². The lowest BCUT2D eigenvalue weighted by Gasteiger charge is -2.06. The van der Waals surface area contributed by atoms with Crippen LogP contribution in [0.25, 0.3) is 10.8 Å². The van der Waals surface area contributed by atoms with Crippen LogP contribution in [0, 0.1) is 6.92 Å². The van der Waals surface area contributed by atoms with Gasteiger partial charge in [-0.05, 0) is 36.7 Å². The van der Waals surface area contributed by atoms with Gasteiger partial charge < -0.3 is 5.73 Å². The summed E-state index contributed by atoms with van der Waals surface area (Å²) in [4.78, 5) is 9.59. The summed E-state index contributed by atoms with van der Waals surface area (Å²) in [6.45, 7) is 1.89. The van der Waals surface area contributed by atoms with Gasteiger partial charge in [0.15, 0.2) is 4.34 Å². The van der Waals surface area contributed by atoms with Crippen LogP contribution in [0.2, 0.25) is 0 Å². The third-order valence-corrected chi connectivity index (χ3v) is 4.44. The van der Waals surface area contributed by atoms with Gasteiger partial charge >= 0.3 is 0 Å². The van der Waals surface area contributed by atoms with Crippen molar-refractivity contribution in [2.24, 2.45) is 0 Å². The molecular formula is C12H10N4S2. The molecule has 0 fully saturated rings. The first-order valence-corrected chi connectivity index (χ1v) is 6.93. The molecule has 0 spiro atoms. The number of nitrogen functional groups attached to an aromatic ring is 1. The minimum atomic E-state index is 0.746. The number of pyridine rings is 1. The lowest BCUT2D eigenvalue weighted by molar-refractivity contribution is 1.10. The Morgan fingerprint density at radius 2 is 2.11 bits per heavy atom. The van der Waals surface area contributed by atoms with Gasteiger partial charge in [0, 0.05) is 33.7 Å². The fourth-order valence-electron chi connectivity index (χ4n) is 1.69. The molecule has 0 aliphatic rings. The number of nitrogens with two attached hydrogens (primary N) is 1. The van der Waals surface area contributed by atoms with Crippen LogP contribution in [0.3, 0.4) is 0 Å². The van der Waals surface area contributed by atoms with Crippen molar-refractivity contribution in [1.82, 2.24) is 14.3 Å². The molecule has 2 N–H and O–H groups in total. The van der Waals surface area contributed by atoms with E-state index in [1.165, 1.54) is 11.5 Å². The van der Waals surface area contributed by atoms with Gasteiger partial charge in [0.1, 0.15) is 5.82 Å². The van der Waals surface area contributed by atoms with Gasteiger partial charge in [-0.15, -0.1) is 0 Å². The van der Waals surface area contributed by atoms with E-state index in [4.69, 9.17) is 5.73 Å². The van der Waals surface area contributed by atoms with E-state index in [0.717, 1.165) is 31.5 Å². The van der Waals surface area contributed by atoms with Crippen molar-refractivity contribution < 1.29 is 0 Å². The smallest absolute Gasteiger partial charge is 0.174 e. The van der Waals surface area contributed by atoms with Gasteiger partial charge in [-0.25, -0.2) is 4.98 Å². The molecule has 90 valence electrons. The Bertz CT molecular complexity index is 708. The molecule has 0 unspecified atom stereocenters. The Kier molecular flexibility index (Phi) is 2.89. The van der Waals surface area contributed by atoms with E-state index in [0.29, 0.717) is 0 Å². The van der Waals surface area contributed by atoms with Crippen molar-refractivity contribution in [3.63, 3.8) is 0 Å². The maximum absolute atomic E-state index is 5.95. The standard InChI is InChI=1S/C12H10N4S2/c1-7-15-12(18-16-7)17-11-3-2-10(13)9-6-14-5-4-8(9)11/h2-6H,13H2,1H3. The molecule has 1 aromatic carbocycles. The maximum Gasteiger partial charge on any atom is 0.174 e. The molecule has 18 heavy (non-hydrogen) atoms. The van der Waals surface area contributed by atoms with Gasteiger partial charge in [0.05, 0.1) is 0 Å². The molecule has 0 radical (unpaired) electrons. The van der Waals surface area contributed by atoms with Crippen LogP contribution in [0.15, 0.2) is 39.8 Å². The molecule has 2 heterocycles. The number of fused-ring (bicyclic) bond motifs is 1. The summed E-state index contributed by atoms with van der Waals surface area (Å²) in [6.07, 6.45) is 3.57. The Morgan fingerprint density at radius 1 is 1.22 bits per heavy atom. The van der Waals surface area contributed by atoms with Crippen molar-refractivity contribution in [3.8, 4) is 0 Å². The number of nitrogens with zero attached hydrogens (tertiary/aromatic N) is 3. The third-order valence-electron chi connectivity index (χ3n) is 2.52. The second-order valence-corrected chi connectivity index (χ2v) is 5.82. The summed E-state index contributed by atoms with van der Waals surface area (Å²) >= 11 is 3.02. The lowest BCUT2D eigenvalue weighted by atomic mass is 10.1. The van der Waals surface area contributed by atoms with E-state index in [-0.39, 0.29) is 0 Å². The monoisotopic (exact) mass is 274 g/mol. The van der Waals surface area contributed by atoms with Crippen molar-refractivity contribution >= 4 is 39.8 Å². The average molecular weight is 274 g/mol. The molecule has 3 aromatic rings. The first-order valence-electron chi connectivity index (χ1n) is 5.34. The third kappa shape index (κ3) is 2.04. The quantitative estimate of drug-likeness (QED) is 0.727. The molecule has 0 aliphatic carbocycles. The second-order valence-electron chi connectivity index (χ2n) is 3.78. The van der Waals surface area contributed by atoms with E-state index in [9.17, 15) is 0 Å². The molecule has 0 bridgehead atoms. The largest absolute Gasteiger partial charge is 0.398 e. The molecule has 0 atom stereocenters. The van der Waals surface area contributed by atoms with Gasteiger partial charge in [0.25, 0.3) is 0 Å². The van der Waals surface area contributed by atoms with Crippen molar-refractivity contribution in [2.75, 3.05) is 5.73 Å². The highest BCUT2D eigenvalue weighted by Gasteiger charge is 2.08. The molecule has 6 heteroatoms. The molecule has 0 saturated heterocycles. The normalized spacial score (nSPS) is 10.9. The zero-order valence-electron chi connectivity index (χ0n) is 9.62. The average Bonchev–Trinajstić information content (AvgIpc) is 2.79. The molecule has 2 aromatic heterocycles. The highest BCUT2D eigenvalue weighted by Crippen LogP contribution is 2.35. The van der Waals surface area contributed by atoms with Gasteiger partial charge in [0.2, 0.25) is 0 Å². The van der Waals surface area contributed by atoms with Crippen LogP contribution in [0.4, 0.5) is 5.69 Å². The molecule has 4 nitrogen and oxygen atoms in total. The zero-order valence-corrected chi connectivity index (χ0v) is 11.3. The van der Waals surface area contributed by atoms with Crippen molar-refractivity contribution in [3.05, 3.63) is 36.4 Å². The first kappa shape index (κ1) is 11.4.